The van der Waals surface area contributed by atoms with Crippen molar-refractivity contribution in [3.8, 4) is 0 Å². The monoisotopic (exact) mass is 303 g/mol. The van der Waals surface area contributed by atoms with Gasteiger partial charge in [-0.2, -0.15) is 0 Å². The Balaban J connectivity index is 1.56. The summed E-state index contributed by atoms with van der Waals surface area (Å²) in [5, 5.41) is 3.96. The van der Waals surface area contributed by atoms with Gasteiger partial charge < -0.3 is 14.6 Å². The lowest BCUT2D eigenvalue weighted by molar-refractivity contribution is 0.199. The van der Waals surface area contributed by atoms with Crippen molar-refractivity contribution in [1.29, 1.82) is 0 Å². The smallest absolute Gasteiger partial charge is 0.122 e. The van der Waals surface area contributed by atoms with Gasteiger partial charge in [0.25, 0.3) is 0 Å². The van der Waals surface area contributed by atoms with Crippen LogP contribution < -0.4 is 5.32 Å². The fourth-order valence-corrected chi connectivity index (χ4v) is 3.94. The van der Waals surface area contributed by atoms with E-state index in [9.17, 15) is 0 Å². The van der Waals surface area contributed by atoms with Crippen molar-refractivity contribution in [3.05, 3.63) is 48.0 Å². The number of nitrogens with zero attached hydrogens (tertiary/aromatic N) is 2. The Morgan fingerprint density at radius 2 is 2.33 bits per heavy atom. The fourth-order valence-electron chi connectivity index (χ4n) is 2.62. The van der Waals surface area contributed by atoms with E-state index in [2.05, 4.69) is 45.3 Å². The molecule has 1 aliphatic heterocycles. The Labute approximate surface area is 129 Å². The molecule has 0 saturated carbocycles. The van der Waals surface area contributed by atoms with Crippen LogP contribution in [-0.4, -0.2) is 35.1 Å². The Morgan fingerprint density at radius 1 is 1.43 bits per heavy atom. The molecular formula is C16H21N3OS. The Kier molecular flexibility index (Phi) is 4.95. The number of rotatable bonds is 7. The molecule has 2 heterocycles. The van der Waals surface area contributed by atoms with Crippen molar-refractivity contribution in [2.45, 2.75) is 29.7 Å². The molecule has 1 unspecified atom stereocenters. The zero-order valence-electron chi connectivity index (χ0n) is 12.3. The first-order chi connectivity index (χ1) is 10.4. The van der Waals surface area contributed by atoms with Gasteiger partial charge in [-0.15, -0.1) is 11.8 Å². The van der Waals surface area contributed by atoms with Gasteiger partial charge in [0.05, 0.1) is 13.2 Å². The van der Waals surface area contributed by atoms with Crippen LogP contribution in [-0.2, 0) is 24.2 Å². The highest BCUT2D eigenvalue weighted by molar-refractivity contribution is 8.00. The lowest BCUT2D eigenvalue weighted by atomic mass is 10.1. The van der Waals surface area contributed by atoms with E-state index in [-0.39, 0.29) is 0 Å². The van der Waals surface area contributed by atoms with E-state index in [1.165, 1.54) is 10.5 Å². The molecule has 1 atom stereocenters. The summed E-state index contributed by atoms with van der Waals surface area (Å²) in [5.74, 6) is 1.10. The zero-order valence-corrected chi connectivity index (χ0v) is 13.1. The van der Waals surface area contributed by atoms with Gasteiger partial charge in [-0.1, -0.05) is 18.2 Å². The van der Waals surface area contributed by atoms with Gasteiger partial charge in [0, 0.05) is 42.7 Å². The highest BCUT2D eigenvalue weighted by atomic mass is 32.2. The molecule has 5 heteroatoms. The van der Waals surface area contributed by atoms with E-state index in [0.29, 0.717) is 5.25 Å². The summed E-state index contributed by atoms with van der Waals surface area (Å²) in [6, 6.07) is 8.71. The molecule has 1 aromatic heterocycles. The SMILES string of the molecule is COCCNCc1nccn1CC1Cc2ccccc2S1. The number of thioether (sulfide) groups is 1. The molecule has 0 saturated heterocycles. The number of nitrogens with one attached hydrogen (secondary N) is 1. The van der Waals surface area contributed by atoms with Crippen LogP contribution in [0.4, 0.5) is 0 Å². The van der Waals surface area contributed by atoms with Gasteiger partial charge >= 0.3 is 0 Å². The molecule has 112 valence electrons. The van der Waals surface area contributed by atoms with Crippen LogP contribution >= 0.6 is 11.8 Å². The lowest BCUT2D eigenvalue weighted by Crippen LogP contribution is -2.22. The van der Waals surface area contributed by atoms with Crippen LogP contribution in [0.2, 0.25) is 0 Å². The van der Waals surface area contributed by atoms with E-state index in [4.69, 9.17) is 4.74 Å². The molecule has 0 radical (unpaired) electrons. The maximum atomic E-state index is 5.04. The summed E-state index contributed by atoms with van der Waals surface area (Å²) in [5.41, 5.74) is 1.48. The zero-order chi connectivity index (χ0) is 14.5. The second-order valence-corrected chi connectivity index (χ2v) is 6.56. The highest BCUT2D eigenvalue weighted by Crippen LogP contribution is 2.37. The van der Waals surface area contributed by atoms with Gasteiger partial charge in [0.1, 0.15) is 5.82 Å². The molecule has 2 aromatic rings. The third-order valence-corrected chi connectivity index (χ3v) is 4.98. The number of aromatic nitrogens is 2. The van der Waals surface area contributed by atoms with Crippen molar-refractivity contribution < 1.29 is 4.74 Å². The topological polar surface area (TPSA) is 39.1 Å². The summed E-state index contributed by atoms with van der Waals surface area (Å²) in [7, 11) is 1.72. The fraction of sp³-hybridized carbons (Fsp3) is 0.438. The van der Waals surface area contributed by atoms with Crippen LogP contribution in [0.5, 0.6) is 0 Å². The van der Waals surface area contributed by atoms with Crippen molar-refractivity contribution in [1.82, 2.24) is 14.9 Å². The molecule has 1 aliphatic rings. The van der Waals surface area contributed by atoms with Gasteiger partial charge in [0.2, 0.25) is 0 Å². The number of hydrogen-bond acceptors (Lipinski definition) is 4. The molecule has 0 amide bonds. The quantitative estimate of drug-likeness (QED) is 0.797. The summed E-state index contributed by atoms with van der Waals surface area (Å²) in [6.07, 6.45) is 5.12. The predicted molar refractivity (Wildman–Crippen MR) is 85.6 cm³/mol. The first-order valence-electron chi connectivity index (χ1n) is 7.31. The number of methoxy groups -OCH3 is 1. The Morgan fingerprint density at radius 3 is 3.19 bits per heavy atom. The maximum Gasteiger partial charge on any atom is 0.122 e. The van der Waals surface area contributed by atoms with Crippen LogP contribution in [0, 0.1) is 0 Å². The van der Waals surface area contributed by atoms with Crippen LogP contribution in [0.1, 0.15) is 11.4 Å². The predicted octanol–water partition coefficient (Wildman–Crippen LogP) is 2.34. The lowest BCUT2D eigenvalue weighted by Gasteiger charge is -2.13. The standard InChI is InChI=1S/C16H21N3OS/c1-20-9-7-17-11-16-18-6-8-19(16)12-14-10-13-4-2-3-5-15(13)21-14/h2-6,8,14,17H,7,9-12H2,1H3. The second-order valence-electron chi connectivity index (χ2n) is 5.22. The highest BCUT2D eigenvalue weighted by Gasteiger charge is 2.22. The number of benzene rings is 1. The third kappa shape index (κ3) is 3.67. The number of imidazole rings is 1. The minimum atomic E-state index is 0.606. The average Bonchev–Trinajstić information content (AvgIpc) is 3.10. The second kappa shape index (κ2) is 7.11. The molecule has 3 rings (SSSR count). The van der Waals surface area contributed by atoms with E-state index in [1.807, 2.05) is 18.0 Å². The van der Waals surface area contributed by atoms with E-state index in [0.717, 1.165) is 38.5 Å². The number of hydrogen-bond donors (Lipinski definition) is 1. The van der Waals surface area contributed by atoms with Gasteiger partial charge in [0.15, 0.2) is 0 Å². The van der Waals surface area contributed by atoms with E-state index >= 15 is 0 Å². The molecule has 0 spiro atoms. The van der Waals surface area contributed by atoms with Crippen molar-refractivity contribution in [2.24, 2.45) is 0 Å². The number of fused-ring (bicyclic) bond motifs is 1. The molecule has 0 aliphatic carbocycles. The molecule has 21 heavy (non-hydrogen) atoms. The van der Waals surface area contributed by atoms with E-state index in [1.54, 1.807) is 7.11 Å². The van der Waals surface area contributed by atoms with Crippen LogP contribution in [0.3, 0.4) is 0 Å². The molecular weight excluding hydrogens is 282 g/mol. The first-order valence-corrected chi connectivity index (χ1v) is 8.19. The number of ether oxygens (including phenoxy) is 1. The minimum Gasteiger partial charge on any atom is -0.383 e. The average molecular weight is 303 g/mol. The molecule has 1 aromatic carbocycles. The van der Waals surface area contributed by atoms with Crippen molar-refractivity contribution in [3.63, 3.8) is 0 Å². The summed E-state index contributed by atoms with van der Waals surface area (Å²) in [6.45, 7) is 3.39. The largest absolute Gasteiger partial charge is 0.383 e. The molecule has 1 N–H and O–H groups in total. The van der Waals surface area contributed by atoms with Gasteiger partial charge in [-0.3, -0.25) is 0 Å². The Bertz CT molecular complexity index is 559. The molecule has 0 bridgehead atoms. The summed E-state index contributed by atoms with van der Waals surface area (Å²) >= 11 is 1.99. The van der Waals surface area contributed by atoms with Crippen LogP contribution in [0.15, 0.2) is 41.6 Å². The minimum absolute atomic E-state index is 0.606. The van der Waals surface area contributed by atoms with Crippen LogP contribution in [0.25, 0.3) is 0 Å². The van der Waals surface area contributed by atoms with E-state index < -0.39 is 0 Å². The van der Waals surface area contributed by atoms with Crippen molar-refractivity contribution in [2.75, 3.05) is 20.3 Å². The third-order valence-electron chi connectivity index (χ3n) is 3.68. The van der Waals surface area contributed by atoms with Gasteiger partial charge in [-0.05, 0) is 18.1 Å². The normalized spacial score (nSPS) is 17.1. The first kappa shape index (κ1) is 14.6. The Hall–Kier alpha value is -1.30. The maximum absolute atomic E-state index is 5.04. The summed E-state index contributed by atoms with van der Waals surface area (Å²) in [4.78, 5) is 5.89. The summed E-state index contributed by atoms with van der Waals surface area (Å²) < 4.78 is 7.31. The molecule has 4 nitrogen and oxygen atoms in total. The van der Waals surface area contributed by atoms with Crippen molar-refractivity contribution >= 4 is 11.8 Å². The van der Waals surface area contributed by atoms with Gasteiger partial charge in [-0.25, -0.2) is 4.98 Å². The molecule has 0 fully saturated rings.